The summed E-state index contributed by atoms with van der Waals surface area (Å²) in [5, 5.41) is 43.5. The average Bonchev–Trinajstić information content (AvgIpc) is 3.33. The third-order valence-electron chi connectivity index (χ3n) is 7.80. The zero-order chi connectivity index (χ0) is 27.8. The van der Waals surface area contributed by atoms with Gasteiger partial charge in [-0.3, -0.25) is 0 Å². The van der Waals surface area contributed by atoms with Gasteiger partial charge in [0.1, 0.15) is 24.4 Å². The highest BCUT2D eigenvalue weighted by Crippen LogP contribution is 2.39. The van der Waals surface area contributed by atoms with Crippen LogP contribution in [0, 0.1) is 11.8 Å². The number of aromatic amines is 1. The van der Waals surface area contributed by atoms with Crippen LogP contribution in [-0.2, 0) is 23.7 Å². The number of esters is 1. The number of methoxy groups -OCH3 is 1. The fourth-order valence-electron chi connectivity index (χ4n) is 5.59. The first-order valence-corrected chi connectivity index (χ1v) is 12.8. The van der Waals surface area contributed by atoms with Crippen molar-refractivity contribution < 1.29 is 44.2 Å². The standard InChI is InChI=1S/C28H34N2O9/c1-4-14-17(11-20-22-16(9-10-30(20)2)15-7-5-6-8-19(15)29-22)18(26(35)36-3)13-37-27(14)39-28-25(34)24(33)23(32)21(12-31)38-28/h4-9,13-14,17,21,23-25,27-29,31-34H,1,10-12H2,2-3H3/t14-,17+,21-,23+,24-,25-,27+,28-/m1/s1. The molecule has 0 amide bonds. The molecule has 5 rings (SSSR count). The molecule has 0 bridgehead atoms. The molecule has 4 heterocycles. The number of ether oxygens (including phenoxy) is 4. The highest BCUT2D eigenvalue weighted by Gasteiger charge is 2.47. The molecule has 210 valence electrons. The van der Waals surface area contributed by atoms with Gasteiger partial charge in [0.25, 0.3) is 0 Å². The fourth-order valence-corrected chi connectivity index (χ4v) is 5.59. The number of para-hydroxylation sites is 1. The number of carbonyl (C=O) groups excluding carboxylic acids is 1. The molecule has 39 heavy (non-hydrogen) atoms. The van der Waals surface area contributed by atoms with Crippen LogP contribution in [0.2, 0.25) is 0 Å². The van der Waals surface area contributed by atoms with Gasteiger partial charge in [-0.25, -0.2) is 4.79 Å². The van der Waals surface area contributed by atoms with Crippen LogP contribution in [0.4, 0.5) is 0 Å². The molecule has 0 unspecified atom stereocenters. The number of fused-ring (bicyclic) bond motifs is 3. The Morgan fingerprint density at radius 3 is 2.69 bits per heavy atom. The van der Waals surface area contributed by atoms with Crippen LogP contribution < -0.4 is 10.6 Å². The van der Waals surface area contributed by atoms with E-state index in [0.29, 0.717) is 18.5 Å². The summed E-state index contributed by atoms with van der Waals surface area (Å²) in [7, 11) is 3.27. The molecule has 0 spiro atoms. The quantitative estimate of drug-likeness (QED) is 0.218. The van der Waals surface area contributed by atoms with E-state index in [4.69, 9.17) is 18.9 Å². The molecule has 0 radical (unpaired) electrons. The zero-order valence-corrected chi connectivity index (χ0v) is 21.8. The molecular formula is C28H34N2O9. The number of aliphatic hydroxyl groups is 4. The minimum atomic E-state index is -1.61. The summed E-state index contributed by atoms with van der Waals surface area (Å²) in [5.74, 6) is -1.65. The van der Waals surface area contributed by atoms with E-state index in [0.717, 1.165) is 27.2 Å². The Hall–Kier alpha value is -3.19. The maximum atomic E-state index is 12.8. The Morgan fingerprint density at radius 1 is 1.21 bits per heavy atom. The van der Waals surface area contributed by atoms with Crippen molar-refractivity contribution in [1.29, 1.82) is 0 Å². The maximum absolute atomic E-state index is 12.8. The monoisotopic (exact) mass is 542 g/mol. The van der Waals surface area contributed by atoms with Crippen molar-refractivity contribution in [3.8, 4) is 0 Å². The molecule has 0 aliphatic carbocycles. The molecule has 8 atom stereocenters. The number of rotatable bonds is 7. The molecule has 0 saturated carbocycles. The predicted molar refractivity (Wildman–Crippen MR) is 140 cm³/mol. The molecule has 1 saturated heterocycles. The number of hydrogen-bond donors (Lipinski definition) is 5. The van der Waals surface area contributed by atoms with Crippen molar-refractivity contribution in [2.45, 2.75) is 43.4 Å². The lowest BCUT2D eigenvalue weighted by Crippen LogP contribution is -2.60. The molecule has 11 nitrogen and oxygen atoms in total. The van der Waals surface area contributed by atoms with Gasteiger partial charge < -0.3 is 49.3 Å². The second kappa shape index (κ2) is 11.1. The van der Waals surface area contributed by atoms with Gasteiger partial charge in [0, 0.05) is 47.2 Å². The van der Waals surface area contributed by atoms with Crippen LogP contribution >= 0.6 is 0 Å². The van der Waals surface area contributed by atoms with Gasteiger partial charge in [-0.2, -0.15) is 0 Å². The van der Waals surface area contributed by atoms with Crippen LogP contribution in [0.1, 0.15) is 6.42 Å². The Morgan fingerprint density at radius 2 is 1.97 bits per heavy atom. The highest BCUT2D eigenvalue weighted by molar-refractivity contribution is 5.89. The summed E-state index contributed by atoms with van der Waals surface area (Å²) in [5.41, 5.74) is 2.28. The first-order valence-electron chi connectivity index (χ1n) is 12.8. The summed E-state index contributed by atoms with van der Waals surface area (Å²) >= 11 is 0. The Balaban J connectivity index is 1.51. The van der Waals surface area contributed by atoms with Gasteiger partial charge in [-0.05, 0) is 12.5 Å². The van der Waals surface area contributed by atoms with Crippen LogP contribution in [0.5, 0.6) is 0 Å². The molecule has 1 aromatic heterocycles. The molecule has 3 aliphatic heterocycles. The number of carbonyl (C=O) groups is 1. The number of aromatic nitrogens is 1. The Kier molecular flexibility index (Phi) is 7.81. The summed E-state index contributed by atoms with van der Waals surface area (Å²) in [6.45, 7) is 4.04. The van der Waals surface area contributed by atoms with Gasteiger partial charge in [-0.15, -0.1) is 6.58 Å². The Labute approximate surface area is 224 Å². The average molecular weight is 543 g/mol. The molecule has 1 aromatic carbocycles. The van der Waals surface area contributed by atoms with E-state index in [9.17, 15) is 25.2 Å². The SMILES string of the molecule is C=C[C@H]1[C@H](O[C@H]2O[C@H](CO)[C@H](O)[C@@H](O)[C@H]2O)OC=C(C(=O)OC)[C@H]1CC1=c2[nH]c3ccccc3c2=CCN1C. The normalized spacial score (nSPS) is 32.6. The largest absolute Gasteiger partial charge is 0.471 e. The molecule has 5 N–H and O–H groups in total. The minimum absolute atomic E-state index is 0.296. The van der Waals surface area contributed by atoms with Crippen molar-refractivity contribution >= 4 is 28.6 Å². The first-order chi connectivity index (χ1) is 18.8. The molecule has 1 fully saturated rings. The second-order valence-electron chi connectivity index (χ2n) is 10.0. The van der Waals surface area contributed by atoms with E-state index in [1.165, 1.54) is 13.4 Å². The topological polar surface area (TPSA) is 154 Å². The number of H-pyrrole nitrogens is 1. The summed E-state index contributed by atoms with van der Waals surface area (Å²) in [6, 6.07) is 8.05. The predicted octanol–water partition coefficient (Wildman–Crippen LogP) is -0.960. The third kappa shape index (κ3) is 4.86. The summed E-state index contributed by atoms with van der Waals surface area (Å²) in [4.78, 5) is 18.4. The second-order valence-corrected chi connectivity index (χ2v) is 10.0. The van der Waals surface area contributed by atoms with E-state index >= 15 is 0 Å². The van der Waals surface area contributed by atoms with Gasteiger partial charge in [0.15, 0.2) is 6.29 Å². The lowest BCUT2D eigenvalue weighted by Gasteiger charge is -2.43. The van der Waals surface area contributed by atoms with Crippen molar-refractivity contribution in [2.24, 2.45) is 11.8 Å². The van der Waals surface area contributed by atoms with Crippen LogP contribution in [-0.4, -0.2) is 101 Å². The number of nitrogens with zero attached hydrogens (tertiary/aromatic N) is 1. The van der Waals surface area contributed by atoms with Gasteiger partial charge >= 0.3 is 5.97 Å². The molecule has 2 aromatic rings. The minimum Gasteiger partial charge on any atom is -0.471 e. The van der Waals surface area contributed by atoms with Crippen molar-refractivity contribution in [1.82, 2.24) is 9.88 Å². The van der Waals surface area contributed by atoms with Gasteiger partial charge in [-0.1, -0.05) is 30.4 Å². The van der Waals surface area contributed by atoms with Crippen LogP contribution in [0.3, 0.4) is 0 Å². The lowest BCUT2D eigenvalue weighted by molar-refractivity contribution is -0.339. The number of benzene rings is 1. The third-order valence-corrected chi connectivity index (χ3v) is 7.80. The molecule has 3 aliphatic rings. The van der Waals surface area contributed by atoms with E-state index in [-0.39, 0.29) is 0 Å². The lowest BCUT2D eigenvalue weighted by atomic mass is 9.80. The summed E-state index contributed by atoms with van der Waals surface area (Å²) in [6.07, 6.45) is -2.90. The van der Waals surface area contributed by atoms with Gasteiger partial charge in [0.2, 0.25) is 6.29 Å². The Bertz CT molecular complexity index is 1380. The van der Waals surface area contributed by atoms with E-state index in [1.807, 2.05) is 25.2 Å². The van der Waals surface area contributed by atoms with E-state index in [1.54, 1.807) is 6.08 Å². The number of aliphatic hydroxyl groups excluding tert-OH is 4. The van der Waals surface area contributed by atoms with E-state index in [2.05, 4.69) is 28.6 Å². The fraction of sp³-hybridized carbons (Fsp3) is 0.464. The smallest absolute Gasteiger partial charge is 0.337 e. The highest BCUT2D eigenvalue weighted by atomic mass is 16.8. The van der Waals surface area contributed by atoms with Crippen molar-refractivity contribution in [3.05, 3.63) is 59.3 Å². The van der Waals surface area contributed by atoms with E-state index < -0.39 is 61.4 Å². The van der Waals surface area contributed by atoms with Crippen LogP contribution in [0.15, 0.2) is 48.8 Å². The van der Waals surface area contributed by atoms with Crippen molar-refractivity contribution in [2.75, 3.05) is 27.3 Å². The summed E-state index contributed by atoms with van der Waals surface area (Å²) < 4.78 is 22.3. The number of nitrogens with one attached hydrogen (secondary N) is 1. The molecular weight excluding hydrogens is 508 g/mol. The van der Waals surface area contributed by atoms with Gasteiger partial charge in [0.05, 0.1) is 30.9 Å². The first kappa shape index (κ1) is 27.4. The molecule has 11 heteroatoms. The zero-order valence-electron chi connectivity index (χ0n) is 21.8. The maximum Gasteiger partial charge on any atom is 0.337 e. The number of hydrogen-bond acceptors (Lipinski definition) is 10. The van der Waals surface area contributed by atoms with Crippen molar-refractivity contribution in [3.63, 3.8) is 0 Å². The van der Waals surface area contributed by atoms with Crippen LogP contribution in [0.25, 0.3) is 22.7 Å².